The molecule has 4 rings (SSSR count). The van der Waals surface area contributed by atoms with Crippen molar-refractivity contribution < 1.29 is 22.7 Å². The standard InChI is InChI=1S/C25H21N3O5S/c26-16-20-7-1-3-9-22(20)27-24(29)17-33-25(30)19-11-13-21(14-12-19)34(31,32)28-15-5-8-18-6-2-4-10-23(18)28/h1-4,6-7,9-14H,5,8,15,17H2,(H,27,29). The summed E-state index contributed by atoms with van der Waals surface area (Å²) < 4.78 is 32.8. The van der Waals surface area contributed by atoms with Crippen LogP contribution in [0.4, 0.5) is 11.4 Å². The van der Waals surface area contributed by atoms with Crippen molar-refractivity contribution in [1.82, 2.24) is 0 Å². The summed E-state index contributed by atoms with van der Waals surface area (Å²) in [4.78, 5) is 24.5. The number of rotatable bonds is 6. The Labute approximate surface area is 197 Å². The fourth-order valence-electron chi connectivity index (χ4n) is 3.73. The topological polar surface area (TPSA) is 117 Å². The molecule has 8 nitrogen and oxygen atoms in total. The predicted octanol–water partition coefficient (Wildman–Crippen LogP) is 3.50. The molecule has 0 bridgehead atoms. The first-order chi connectivity index (χ1) is 16.4. The molecule has 0 radical (unpaired) electrons. The van der Waals surface area contributed by atoms with Gasteiger partial charge in [-0.1, -0.05) is 30.3 Å². The van der Waals surface area contributed by atoms with Crippen LogP contribution in [0.3, 0.4) is 0 Å². The second-order valence-corrected chi connectivity index (χ2v) is 9.48. The maximum atomic E-state index is 13.2. The number of aryl methyl sites for hydroxylation is 1. The van der Waals surface area contributed by atoms with Gasteiger partial charge in [0.15, 0.2) is 6.61 Å². The average Bonchev–Trinajstić information content (AvgIpc) is 2.87. The maximum Gasteiger partial charge on any atom is 0.338 e. The molecule has 1 amide bonds. The Bertz CT molecular complexity index is 1380. The lowest BCUT2D eigenvalue weighted by Gasteiger charge is -2.30. The Morgan fingerprint density at radius 3 is 2.47 bits per heavy atom. The van der Waals surface area contributed by atoms with Gasteiger partial charge in [0.1, 0.15) is 6.07 Å². The molecule has 0 aromatic heterocycles. The van der Waals surface area contributed by atoms with Crippen LogP contribution in [0.5, 0.6) is 0 Å². The van der Waals surface area contributed by atoms with Crippen molar-refractivity contribution in [2.45, 2.75) is 17.7 Å². The van der Waals surface area contributed by atoms with E-state index in [9.17, 15) is 18.0 Å². The number of nitriles is 1. The number of anilines is 2. The van der Waals surface area contributed by atoms with E-state index in [0.717, 1.165) is 18.4 Å². The minimum Gasteiger partial charge on any atom is -0.452 e. The molecule has 1 N–H and O–H groups in total. The molecule has 9 heteroatoms. The fraction of sp³-hybridized carbons (Fsp3) is 0.160. The third-order valence-electron chi connectivity index (χ3n) is 5.40. The van der Waals surface area contributed by atoms with E-state index >= 15 is 0 Å². The summed E-state index contributed by atoms with van der Waals surface area (Å²) >= 11 is 0. The normalized spacial score (nSPS) is 12.9. The van der Waals surface area contributed by atoms with E-state index in [-0.39, 0.29) is 16.0 Å². The minimum absolute atomic E-state index is 0.0617. The van der Waals surface area contributed by atoms with Crippen LogP contribution in [0.25, 0.3) is 0 Å². The van der Waals surface area contributed by atoms with E-state index in [1.165, 1.54) is 28.6 Å². The number of fused-ring (bicyclic) bond motifs is 1. The van der Waals surface area contributed by atoms with Gasteiger partial charge in [0.2, 0.25) is 0 Å². The molecule has 0 saturated heterocycles. The van der Waals surface area contributed by atoms with E-state index in [1.807, 2.05) is 18.2 Å². The highest BCUT2D eigenvalue weighted by Crippen LogP contribution is 2.31. The molecule has 0 atom stereocenters. The van der Waals surface area contributed by atoms with Crippen molar-refractivity contribution >= 4 is 33.3 Å². The Kier molecular flexibility index (Phi) is 6.61. The lowest BCUT2D eigenvalue weighted by molar-refractivity contribution is -0.119. The largest absolute Gasteiger partial charge is 0.452 e. The first-order valence-electron chi connectivity index (χ1n) is 10.6. The summed E-state index contributed by atoms with van der Waals surface area (Å²) in [6.45, 7) is -0.170. The molecule has 3 aromatic rings. The van der Waals surface area contributed by atoms with E-state index in [0.29, 0.717) is 17.9 Å². The Morgan fingerprint density at radius 1 is 1.00 bits per heavy atom. The molecule has 0 fully saturated rings. The average molecular weight is 476 g/mol. The van der Waals surface area contributed by atoms with Crippen molar-refractivity contribution in [1.29, 1.82) is 5.26 Å². The van der Waals surface area contributed by atoms with Crippen LogP contribution in [0.15, 0.2) is 77.7 Å². The van der Waals surface area contributed by atoms with Gasteiger partial charge in [-0.3, -0.25) is 9.10 Å². The molecule has 34 heavy (non-hydrogen) atoms. The zero-order chi connectivity index (χ0) is 24.1. The number of amides is 1. The maximum absolute atomic E-state index is 13.2. The Balaban J connectivity index is 1.41. The summed E-state index contributed by atoms with van der Waals surface area (Å²) in [5.41, 5.74) is 2.37. The lowest BCUT2D eigenvalue weighted by atomic mass is 10.0. The summed E-state index contributed by atoms with van der Waals surface area (Å²) in [5.74, 6) is -1.37. The Hall–Kier alpha value is -4.16. The van der Waals surface area contributed by atoms with E-state index < -0.39 is 28.5 Å². The molecule has 0 aliphatic carbocycles. The number of esters is 1. The molecular weight excluding hydrogens is 454 g/mol. The van der Waals surface area contributed by atoms with Gasteiger partial charge in [0.25, 0.3) is 15.9 Å². The smallest absolute Gasteiger partial charge is 0.338 e. The second kappa shape index (κ2) is 9.77. The first-order valence-corrected chi connectivity index (χ1v) is 12.0. The van der Waals surface area contributed by atoms with E-state index in [2.05, 4.69) is 5.32 Å². The van der Waals surface area contributed by atoms with Crippen LogP contribution in [0, 0.1) is 11.3 Å². The third-order valence-corrected chi connectivity index (χ3v) is 7.23. The third kappa shape index (κ3) is 4.77. The van der Waals surface area contributed by atoms with Gasteiger partial charge >= 0.3 is 5.97 Å². The monoisotopic (exact) mass is 475 g/mol. The van der Waals surface area contributed by atoms with E-state index in [1.54, 1.807) is 36.4 Å². The highest BCUT2D eigenvalue weighted by molar-refractivity contribution is 7.92. The molecule has 1 heterocycles. The molecule has 3 aromatic carbocycles. The number of hydrogen-bond donors (Lipinski definition) is 1. The molecule has 1 aliphatic heterocycles. The Morgan fingerprint density at radius 2 is 1.71 bits per heavy atom. The SMILES string of the molecule is N#Cc1ccccc1NC(=O)COC(=O)c1ccc(S(=O)(=O)N2CCCc3ccccc32)cc1. The quantitative estimate of drug-likeness (QED) is 0.546. The summed E-state index contributed by atoms with van der Waals surface area (Å²) in [6, 6.07) is 21.2. The van der Waals surface area contributed by atoms with Crippen molar-refractivity contribution in [3.8, 4) is 6.07 Å². The van der Waals surface area contributed by atoms with E-state index in [4.69, 9.17) is 10.00 Å². The number of carbonyl (C=O) groups is 2. The van der Waals surface area contributed by atoms with Crippen molar-refractivity contribution in [3.63, 3.8) is 0 Å². The van der Waals surface area contributed by atoms with Gasteiger partial charge < -0.3 is 10.1 Å². The molecule has 0 spiro atoms. The molecule has 0 unspecified atom stereocenters. The number of ether oxygens (including phenoxy) is 1. The van der Waals surface area contributed by atoms with Gasteiger partial charge in [-0.25, -0.2) is 13.2 Å². The van der Waals surface area contributed by atoms with Crippen LogP contribution in [-0.4, -0.2) is 33.4 Å². The van der Waals surface area contributed by atoms with Crippen LogP contribution in [0.1, 0.15) is 27.9 Å². The molecular formula is C25H21N3O5S. The zero-order valence-corrected chi connectivity index (χ0v) is 18.9. The number of para-hydroxylation sites is 2. The first kappa shape index (κ1) is 23.0. The van der Waals surface area contributed by atoms with Crippen molar-refractivity contribution in [2.75, 3.05) is 22.8 Å². The van der Waals surface area contributed by atoms with Crippen LogP contribution in [-0.2, 0) is 26.0 Å². The van der Waals surface area contributed by atoms with Crippen molar-refractivity contribution in [3.05, 3.63) is 89.5 Å². The van der Waals surface area contributed by atoms with Crippen LogP contribution in [0.2, 0.25) is 0 Å². The minimum atomic E-state index is -3.79. The van der Waals surface area contributed by atoms with Gasteiger partial charge in [-0.2, -0.15) is 5.26 Å². The van der Waals surface area contributed by atoms with Crippen molar-refractivity contribution in [2.24, 2.45) is 0 Å². The van der Waals surface area contributed by atoms with Gasteiger partial charge in [0.05, 0.1) is 27.4 Å². The lowest BCUT2D eigenvalue weighted by Crippen LogP contribution is -2.35. The number of nitrogens with one attached hydrogen (secondary N) is 1. The number of sulfonamides is 1. The van der Waals surface area contributed by atoms with Gasteiger partial charge in [0, 0.05) is 6.54 Å². The molecule has 172 valence electrons. The molecule has 0 saturated carbocycles. The molecule has 1 aliphatic rings. The summed E-state index contributed by atoms with van der Waals surface area (Å²) in [6.07, 6.45) is 1.55. The second-order valence-electron chi connectivity index (χ2n) is 7.62. The van der Waals surface area contributed by atoms with Crippen LogP contribution < -0.4 is 9.62 Å². The zero-order valence-electron chi connectivity index (χ0n) is 18.1. The van der Waals surface area contributed by atoms with Gasteiger partial charge in [-0.15, -0.1) is 0 Å². The summed E-state index contributed by atoms with van der Waals surface area (Å²) in [5, 5.41) is 11.6. The highest BCUT2D eigenvalue weighted by Gasteiger charge is 2.29. The fourth-order valence-corrected chi connectivity index (χ4v) is 5.27. The highest BCUT2D eigenvalue weighted by atomic mass is 32.2. The number of hydrogen-bond acceptors (Lipinski definition) is 6. The number of nitrogens with zero attached hydrogens (tertiary/aromatic N) is 2. The predicted molar refractivity (Wildman–Crippen MR) is 126 cm³/mol. The van der Waals surface area contributed by atoms with Gasteiger partial charge in [-0.05, 0) is 60.9 Å². The summed E-state index contributed by atoms with van der Waals surface area (Å²) in [7, 11) is -3.79. The number of carbonyl (C=O) groups excluding carboxylic acids is 2. The number of benzene rings is 3. The van der Waals surface area contributed by atoms with Crippen LogP contribution >= 0.6 is 0 Å².